The molecule has 9 nitrogen and oxygen atoms in total. The number of unbranched alkanes of at least 4 members (excludes halogenated alkanes) is 1. The van der Waals surface area contributed by atoms with Gasteiger partial charge in [-0.15, -0.1) is 0 Å². The molecular weight excluding hydrogens is 451 g/mol. The molecule has 1 amide bonds. The van der Waals surface area contributed by atoms with E-state index in [2.05, 4.69) is 4.98 Å². The van der Waals surface area contributed by atoms with Crippen molar-refractivity contribution in [1.82, 2.24) is 19.4 Å². The third kappa shape index (κ3) is 5.75. The summed E-state index contributed by atoms with van der Waals surface area (Å²) < 4.78 is 15.4. The topological polar surface area (TPSA) is 108 Å². The molecule has 0 bridgehead atoms. The van der Waals surface area contributed by atoms with Gasteiger partial charge in [-0.25, -0.2) is 9.18 Å². The lowest BCUT2D eigenvalue weighted by Gasteiger charge is -2.35. The van der Waals surface area contributed by atoms with Crippen molar-refractivity contribution in [1.29, 1.82) is 0 Å². The molecule has 1 aliphatic rings. The number of piperazine rings is 1. The number of aromatic nitrogens is 2. The minimum Gasteiger partial charge on any atom is -0.383 e. The number of carbonyl (C=O) groups excluding carboxylic acids is 1. The Bertz CT molecular complexity index is 1090. The molecule has 1 saturated heterocycles. The van der Waals surface area contributed by atoms with Gasteiger partial charge in [0.25, 0.3) is 5.56 Å². The zero-order chi connectivity index (χ0) is 24.1. The normalized spacial score (nSPS) is 14.5. The molecule has 2 aromatic rings. The smallest absolute Gasteiger partial charge is 0.330 e. The number of nitrogen functional groups attached to an aromatic ring is 1. The number of H-pyrrole nitrogens is 1. The lowest BCUT2D eigenvalue weighted by Crippen LogP contribution is -2.51. The van der Waals surface area contributed by atoms with Gasteiger partial charge < -0.3 is 15.5 Å². The Labute approximate surface area is 196 Å². The van der Waals surface area contributed by atoms with Gasteiger partial charge in [-0.3, -0.25) is 24.0 Å². The first-order valence-electron chi connectivity index (χ1n) is 11.0. The molecule has 1 fully saturated rings. The largest absolute Gasteiger partial charge is 0.383 e. The number of halogens is 2. The maximum Gasteiger partial charge on any atom is 0.330 e. The number of nitrogens with zero attached hydrogens (tertiary/aromatic N) is 4. The number of nitrogens with one attached hydrogen (secondary N) is 1. The number of nitrogens with two attached hydrogens (primary N) is 1. The third-order valence-electron chi connectivity index (χ3n) is 5.87. The molecule has 3 rings (SSSR count). The number of anilines is 2. The fourth-order valence-electron chi connectivity index (χ4n) is 3.93. The van der Waals surface area contributed by atoms with Crippen molar-refractivity contribution >= 4 is 29.0 Å². The molecule has 2 heterocycles. The summed E-state index contributed by atoms with van der Waals surface area (Å²) in [6.45, 7) is 4.79. The van der Waals surface area contributed by atoms with Crippen LogP contribution in [0.1, 0.15) is 25.3 Å². The summed E-state index contributed by atoms with van der Waals surface area (Å²) in [5.41, 5.74) is 5.51. The van der Waals surface area contributed by atoms with Gasteiger partial charge >= 0.3 is 5.69 Å². The van der Waals surface area contributed by atoms with Crippen LogP contribution in [-0.4, -0.2) is 65.0 Å². The van der Waals surface area contributed by atoms with E-state index < -0.39 is 11.2 Å². The molecule has 1 aromatic heterocycles. The highest BCUT2D eigenvalue weighted by Gasteiger charge is 2.25. The monoisotopic (exact) mass is 480 g/mol. The predicted octanol–water partition coefficient (Wildman–Crippen LogP) is 1.49. The zero-order valence-electron chi connectivity index (χ0n) is 18.9. The summed E-state index contributed by atoms with van der Waals surface area (Å²) in [7, 11) is 1.60. The van der Waals surface area contributed by atoms with Crippen molar-refractivity contribution in [3.63, 3.8) is 0 Å². The van der Waals surface area contributed by atoms with Crippen LogP contribution in [0, 0.1) is 5.82 Å². The second-order valence-electron chi connectivity index (χ2n) is 8.21. The van der Waals surface area contributed by atoms with Crippen LogP contribution >= 0.6 is 11.6 Å². The minimum atomic E-state index is -0.618. The molecule has 1 aromatic carbocycles. The minimum absolute atomic E-state index is 0.0547. The van der Waals surface area contributed by atoms with Crippen molar-refractivity contribution < 1.29 is 9.18 Å². The van der Waals surface area contributed by atoms with Gasteiger partial charge in [-0.1, -0.05) is 31.0 Å². The van der Waals surface area contributed by atoms with E-state index in [0.717, 1.165) is 12.8 Å². The SMILES string of the molecule is CCCCn1c(N)c(N(C)CC(=O)N2CCN(Cc3c(F)cccc3Cl)CC2)c(=O)[nH]c1=O. The molecule has 180 valence electrons. The molecule has 0 radical (unpaired) electrons. The van der Waals surface area contributed by atoms with Crippen molar-refractivity contribution in [2.24, 2.45) is 0 Å². The third-order valence-corrected chi connectivity index (χ3v) is 6.23. The van der Waals surface area contributed by atoms with E-state index >= 15 is 0 Å². The van der Waals surface area contributed by atoms with Gasteiger partial charge in [-0.2, -0.15) is 0 Å². The predicted molar refractivity (Wildman–Crippen MR) is 127 cm³/mol. The molecule has 0 atom stereocenters. The first-order chi connectivity index (χ1) is 15.7. The van der Waals surface area contributed by atoms with Crippen LogP contribution in [-0.2, 0) is 17.9 Å². The summed E-state index contributed by atoms with van der Waals surface area (Å²) in [5, 5.41) is 0.387. The molecule has 3 N–H and O–H groups in total. The fraction of sp³-hybridized carbons (Fsp3) is 0.500. The van der Waals surface area contributed by atoms with E-state index in [1.54, 1.807) is 24.1 Å². The summed E-state index contributed by atoms with van der Waals surface area (Å²) in [6.07, 6.45) is 1.60. The highest BCUT2D eigenvalue weighted by molar-refractivity contribution is 6.31. The quantitative estimate of drug-likeness (QED) is 0.592. The van der Waals surface area contributed by atoms with Gasteiger partial charge in [-0.05, 0) is 18.6 Å². The maximum absolute atomic E-state index is 14.1. The molecule has 0 aliphatic carbocycles. The summed E-state index contributed by atoms with van der Waals surface area (Å²) in [5.74, 6) is -0.448. The number of aromatic amines is 1. The van der Waals surface area contributed by atoms with Gasteiger partial charge in [0.2, 0.25) is 5.91 Å². The van der Waals surface area contributed by atoms with Crippen LogP contribution in [0.2, 0.25) is 5.02 Å². The van der Waals surface area contributed by atoms with E-state index in [1.165, 1.54) is 15.5 Å². The highest BCUT2D eigenvalue weighted by Crippen LogP contribution is 2.21. The average Bonchev–Trinajstić information content (AvgIpc) is 2.76. The summed E-state index contributed by atoms with van der Waals surface area (Å²) in [6, 6.07) is 4.62. The molecule has 0 unspecified atom stereocenters. The lowest BCUT2D eigenvalue weighted by molar-refractivity contribution is -0.131. The van der Waals surface area contributed by atoms with Crippen LogP contribution in [0.25, 0.3) is 0 Å². The Hall–Kier alpha value is -2.85. The molecular formula is C22H30ClFN6O3. The molecule has 0 spiro atoms. The molecule has 11 heteroatoms. The number of benzene rings is 1. The number of hydrogen-bond donors (Lipinski definition) is 2. The Morgan fingerprint density at radius 2 is 1.94 bits per heavy atom. The number of rotatable bonds is 8. The van der Waals surface area contributed by atoms with Crippen molar-refractivity contribution in [2.45, 2.75) is 32.9 Å². The standard InChI is InChI=1S/C22H30ClFN6O3/c1-3-4-8-30-20(25)19(21(32)26-22(30)33)27(2)14-18(31)29-11-9-28(10-12-29)13-15-16(23)6-5-7-17(15)24/h5-7H,3-4,8-14,25H2,1-2H3,(H,26,32,33). The van der Waals surface area contributed by atoms with Crippen LogP contribution in [0.4, 0.5) is 15.9 Å². The Kier molecular flexibility index (Phi) is 8.15. The van der Waals surface area contributed by atoms with Crippen LogP contribution in [0.3, 0.4) is 0 Å². The van der Waals surface area contributed by atoms with Gasteiger partial charge in [0, 0.05) is 56.9 Å². The van der Waals surface area contributed by atoms with Crippen molar-refractivity contribution in [3.05, 3.63) is 55.4 Å². The van der Waals surface area contributed by atoms with Crippen LogP contribution < -0.4 is 21.9 Å². The number of hydrogen-bond acceptors (Lipinski definition) is 6. The second-order valence-corrected chi connectivity index (χ2v) is 8.62. The lowest BCUT2D eigenvalue weighted by atomic mass is 10.2. The summed E-state index contributed by atoms with van der Waals surface area (Å²) >= 11 is 6.12. The van der Waals surface area contributed by atoms with E-state index in [-0.39, 0.29) is 29.8 Å². The van der Waals surface area contributed by atoms with Gasteiger partial charge in [0.15, 0.2) is 0 Å². The van der Waals surface area contributed by atoms with Crippen LogP contribution in [0.5, 0.6) is 0 Å². The second kappa shape index (κ2) is 10.8. The first-order valence-corrected chi connectivity index (χ1v) is 11.4. The molecule has 0 saturated carbocycles. The van der Waals surface area contributed by atoms with E-state index in [0.29, 0.717) is 49.9 Å². The van der Waals surface area contributed by atoms with Crippen molar-refractivity contribution in [2.75, 3.05) is 50.4 Å². The van der Waals surface area contributed by atoms with E-state index in [9.17, 15) is 18.8 Å². The van der Waals surface area contributed by atoms with Gasteiger partial charge in [0.05, 0.1) is 6.54 Å². The number of likely N-dealkylation sites (N-methyl/N-ethyl adjacent to an activating group) is 1. The molecule has 33 heavy (non-hydrogen) atoms. The van der Waals surface area contributed by atoms with E-state index in [4.69, 9.17) is 17.3 Å². The highest BCUT2D eigenvalue weighted by atomic mass is 35.5. The first kappa shape index (κ1) is 24.8. The Balaban J connectivity index is 1.62. The van der Waals surface area contributed by atoms with E-state index in [1.807, 2.05) is 11.8 Å². The number of carbonyl (C=O) groups is 1. The van der Waals surface area contributed by atoms with Crippen molar-refractivity contribution in [3.8, 4) is 0 Å². The Morgan fingerprint density at radius 3 is 2.58 bits per heavy atom. The zero-order valence-corrected chi connectivity index (χ0v) is 19.7. The molecule has 1 aliphatic heterocycles. The fourth-order valence-corrected chi connectivity index (χ4v) is 4.15. The van der Waals surface area contributed by atoms with Crippen LogP contribution in [0.15, 0.2) is 27.8 Å². The Morgan fingerprint density at radius 1 is 1.24 bits per heavy atom. The summed E-state index contributed by atoms with van der Waals surface area (Å²) in [4.78, 5) is 44.9. The average molecular weight is 481 g/mol. The maximum atomic E-state index is 14.1. The number of amides is 1. The van der Waals surface area contributed by atoms with Gasteiger partial charge in [0.1, 0.15) is 17.3 Å².